The standard InChI is InChI=1S/C22H25N3O4S/c1-14-13-24(22(27)17-4-5-17)21-12-18(8-11-20(21)25(14)15(2)26)16-6-9-19(10-7-16)30(28,29)23-3/h6-12,14,17,23H,4-5,13H2,1-3H3. The van der Waals surface area contributed by atoms with Crippen molar-refractivity contribution in [2.45, 2.75) is 37.6 Å². The lowest BCUT2D eigenvalue weighted by molar-refractivity contribution is -0.120. The van der Waals surface area contributed by atoms with Crippen molar-refractivity contribution in [3.63, 3.8) is 0 Å². The zero-order valence-corrected chi connectivity index (χ0v) is 18.1. The molecule has 1 fully saturated rings. The lowest BCUT2D eigenvalue weighted by Crippen LogP contribution is -2.51. The molecule has 1 atom stereocenters. The quantitative estimate of drug-likeness (QED) is 0.813. The first-order valence-corrected chi connectivity index (χ1v) is 11.5. The van der Waals surface area contributed by atoms with Gasteiger partial charge in [-0.05, 0) is 62.2 Å². The number of carbonyl (C=O) groups excluding carboxylic acids is 2. The molecule has 2 aromatic carbocycles. The molecule has 0 spiro atoms. The number of anilines is 2. The Morgan fingerprint density at radius 2 is 1.63 bits per heavy atom. The summed E-state index contributed by atoms with van der Waals surface area (Å²) >= 11 is 0. The molecule has 2 amide bonds. The molecule has 0 aromatic heterocycles. The molecule has 158 valence electrons. The molecule has 30 heavy (non-hydrogen) atoms. The van der Waals surface area contributed by atoms with Crippen molar-refractivity contribution in [3.05, 3.63) is 42.5 Å². The number of carbonyl (C=O) groups is 2. The van der Waals surface area contributed by atoms with Crippen LogP contribution in [0.2, 0.25) is 0 Å². The summed E-state index contributed by atoms with van der Waals surface area (Å²) in [5, 5.41) is 0. The van der Waals surface area contributed by atoms with Crippen molar-refractivity contribution in [1.29, 1.82) is 0 Å². The second-order valence-electron chi connectivity index (χ2n) is 7.90. The van der Waals surface area contributed by atoms with Crippen LogP contribution in [0.4, 0.5) is 11.4 Å². The molecule has 8 heteroatoms. The number of nitrogens with one attached hydrogen (secondary N) is 1. The molecule has 1 aliphatic heterocycles. The molecule has 2 aliphatic rings. The minimum absolute atomic E-state index is 0.0587. The van der Waals surface area contributed by atoms with Gasteiger partial charge in [0.1, 0.15) is 0 Å². The van der Waals surface area contributed by atoms with Crippen molar-refractivity contribution in [2.75, 3.05) is 23.4 Å². The number of rotatable bonds is 4. The summed E-state index contributed by atoms with van der Waals surface area (Å²) in [4.78, 5) is 28.9. The zero-order valence-electron chi connectivity index (χ0n) is 17.3. The Bertz CT molecular complexity index is 1110. The summed E-state index contributed by atoms with van der Waals surface area (Å²) in [5.74, 6) is 0.124. The molecular formula is C22H25N3O4S. The molecule has 1 heterocycles. The van der Waals surface area contributed by atoms with Crippen LogP contribution in [0.1, 0.15) is 26.7 Å². The lowest BCUT2D eigenvalue weighted by atomic mass is 10.00. The molecule has 1 aliphatic carbocycles. The smallest absolute Gasteiger partial charge is 0.240 e. The summed E-state index contributed by atoms with van der Waals surface area (Å²) < 4.78 is 26.2. The number of amides is 2. The number of benzene rings is 2. The minimum Gasteiger partial charge on any atom is -0.308 e. The maximum Gasteiger partial charge on any atom is 0.240 e. The van der Waals surface area contributed by atoms with Crippen LogP contribution in [0.3, 0.4) is 0 Å². The third-order valence-electron chi connectivity index (χ3n) is 5.71. The molecular weight excluding hydrogens is 402 g/mol. The van der Waals surface area contributed by atoms with Gasteiger partial charge in [0.15, 0.2) is 0 Å². The van der Waals surface area contributed by atoms with Crippen molar-refractivity contribution in [3.8, 4) is 11.1 Å². The number of hydrogen-bond acceptors (Lipinski definition) is 4. The highest BCUT2D eigenvalue weighted by Gasteiger charge is 2.39. The van der Waals surface area contributed by atoms with Gasteiger partial charge in [-0.3, -0.25) is 9.59 Å². The largest absolute Gasteiger partial charge is 0.308 e. The molecule has 7 nitrogen and oxygen atoms in total. The lowest BCUT2D eigenvalue weighted by Gasteiger charge is -2.41. The summed E-state index contributed by atoms with van der Waals surface area (Å²) in [7, 11) is -2.13. The van der Waals surface area contributed by atoms with E-state index in [0.717, 1.165) is 35.3 Å². The second-order valence-corrected chi connectivity index (χ2v) is 9.78. The van der Waals surface area contributed by atoms with E-state index >= 15 is 0 Å². The van der Waals surface area contributed by atoms with Crippen LogP contribution in [0.25, 0.3) is 11.1 Å². The summed E-state index contributed by atoms with van der Waals surface area (Å²) in [5.41, 5.74) is 3.14. The fourth-order valence-electron chi connectivity index (χ4n) is 3.99. The topological polar surface area (TPSA) is 86.8 Å². The summed E-state index contributed by atoms with van der Waals surface area (Å²) in [6, 6.07) is 12.2. The normalized spacial score (nSPS) is 18.8. The maximum atomic E-state index is 12.9. The van der Waals surface area contributed by atoms with Gasteiger partial charge in [0.25, 0.3) is 0 Å². The predicted octanol–water partition coefficient (Wildman–Crippen LogP) is 2.76. The number of nitrogens with zero attached hydrogens (tertiary/aromatic N) is 2. The van der Waals surface area contributed by atoms with Crippen LogP contribution in [-0.4, -0.2) is 39.9 Å². The van der Waals surface area contributed by atoms with Gasteiger partial charge in [-0.15, -0.1) is 0 Å². The second kappa shape index (κ2) is 7.52. The number of fused-ring (bicyclic) bond motifs is 1. The molecule has 0 bridgehead atoms. The highest BCUT2D eigenvalue weighted by Crippen LogP contribution is 2.42. The van der Waals surface area contributed by atoms with E-state index < -0.39 is 10.0 Å². The van der Waals surface area contributed by atoms with E-state index in [2.05, 4.69) is 4.72 Å². The Balaban J connectivity index is 1.77. The average Bonchev–Trinajstić information content (AvgIpc) is 3.57. The Hall–Kier alpha value is -2.71. The van der Waals surface area contributed by atoms with Crippen molar-refractivity contribution in [1.82, 2.24) is 4.72 Å². The molecule has 1 unspecified atom stereocenters. The Kier molecular flexibility index (Phi) is 5.15. The Morgan fingerprint density at radius 3 is 2.20 bits per heavy atom. The van der Waals surface area contributed by atoms with Crippen LogP contribution in [0.5, 0.6) is 0 Å². The first-order chi connectivity index (χ1) is 14.2. The van der Waals surface area contributed by atoms with Gasteiger partial charge in [-0.25, -0.2) is 13.1 Å². The van der Waals surface area contributed by atoms with Gasteiger partial charge in [0.05, 0.1) is 22.3 Å². The third kappa shape index (κ3) is 3.61. The van der Waals surface area contributed by atoms with E-state index in [4.69, 9.17) is 0 Å². The molecule has 1 N–H and O–H groups in total. The van der Waals surface area contributed by atoms with E-state index in [9.17, 15) is 18.0 Å². The van der Waals surface area contributed by atoms with Crippen LogP contribution >= 0.6 is 0 Å². The van der Waals surface area contributed by atoms with Gasteiger partial charge in [0, 0.05) is 19.4 Å². The molecule has 2 aromatic rings. The van der Waals surface area contributed by atoms with Gasteiger partial charge in [-0.2, -0.15) is 0 Å². The van der Waals surface area contributed by atoms with Crippen molar-refractivity contribution >= 4 is 33.2 Å². The molecule has 4 rings (SSSR count). The predicted molar refractivity (Wildman–Crippen MR) is 116 cm³/mol. The van der Waals surface area contributed by atoms with Crippen molar-refractivity contribution in [2.24, 2.45) is 5.92 Å². The van der Waals surface area contributed by atoms with Crippen LogP contribution < -0.4 is 14.5 Å². The number of hydrogen-bond donors (Lipinski definition) is 1. The van der Waals surface area contributed by atoms with Crippen LogP contribution in [-0.2, 0) is 19.6 Å². The van der Waals surface area contributed by atoms with Crippen LogP contribution in [0.15, 0.2) is 47.4 Å². The Labute approximate surface area is 176 Å². The maximum absolute atomic E-state index is 12.9. The van der Waals surface area contributed by atoms with Gasteiger partial charge in [-0.1, -0.05) is 18.2 Å². The van der Waals surface area contributed by atoms with Gasteiger partial charge < -0.3 is 9.80 Å². The molecule has 1 saturated carbocycles. The first-order valence-electron chi connectivity index (χ1n) is 10.0. The highest BCUT2D eigenvalue weighted by atomic mass is 32.2. The molecule has 0 radical (unpaired) electrons. The first kappa shape index (κ1) is 20.6. The average molecular weight is 428 g/mol. The number of sulfonamides is 1. The van der Waals surface area contributed by atoms with Crippen LogP contribution in [0, 0.1) is 5.92 Å². The summed E-state index contributed by atoms with van der Waals surface area (Å²) in [6.45, 7) is 3.95. The SMILES string of the molecule is CNS(=O)(=O)c1ccc(-c2ccc3c(c2)N(C(=O)C2CC2)CC(C)N3C(C)=O)cc1. The van der Waals surface area contributed by atoms with Gasteiger partial charge >= 0.3 is 0 Å². The fraction of sp³-hybridized carbons (Fsp3) is 0.364. The van der Waals surface area contributed by atoms with Gasteiger partial charge in [0.2, 0.25) is 21.8 Å². The third-order valence-corrected chi connectivity index (χ3v) is 7.14. The van der Waals surface area contributed by atoms with E-state index in [1.807, 2.05) is 25.1 Å². The highest BCUT2D eigenvalue weighted by molar-refractivity contribution is 7.89. The van der Waals surface area contributed by atoms with E-state index in [-0.39, 0.29) is 28.7 Å². The molecule has 0 saturated heterocycles. The zero-order chi connectivity index (χ0) is 21.6. The minimum atomic E-state index is -3.50. The summed E-state index contributed by atoms with van der Waals surface area (Å²) in [6.07, 6.45) is 1.83. The van der Waals surface area contributed by atoms with E-state index in [0.29, 0.717) is 6.54 Å². The van der Waals surface area contributed by atoms with E-state index in [1.54, 1.807) is 34.1 Å². The monoisotopic (exact) mass is 427 g/mol. The van der Waals surface area contributed by atoms with E-state index in [1.165, 1.54) is 14.0 Å². The van der Waals surface area contributed by atoms with Crippen molar-refractivity contribution < 1.29 is 18.0 Å². The fourth-order valence-corrected chi connectivity index (χ4v) is 4.72. The Morgan fingerprint density at radius 1 is 1.00 bits per heavy atom.